The van der Waals surface area contributed by atoms with Crippen molar-refractivity contribution in [2.24, 2.45) is 0 Å². The normalized spacial score (nSPS) is 12.3. The summed E-state index contributed by atoms with van der Waals surface area (Å²) in [7, 11) is 0. The molecule has 3 N–H and O–H groups in total. The zero-order chi connectivity index (χ0) is 22.0. The van der Waals surface area contributed by atoms with Crippen molar-refractivity contribution in [1.29, 1.82) is 0 Å². The van der Waals surface area contributed by atoms with Crippen molar-refractivity contribution in [3.63, 3.8) is 0 Å². The minimum absolute atomic E-state index is 0.213. The van der Waals surface area contributed by atoms with Crippen LogP contribution in [0.15, 0.2) is 71.7 Å². The van der Waals surface area contributed by atoms with E-state index in [2.05, 4.69) is 27.8 Å². The molecule has 0 spiro atoms. The predicted molar refractivity (Wildman–Crippen MR) is 123 cm³/mol. The lowest BCUT2D eigenvalue weighted by Crippen LogP contribution is -2.23. The average Bonchev–Trinajstić information content (AvgIpc) is 2.78. The van der Waals surface area contributed by atoms with Crippen molar-refractivity contribution >= 4 is 44.6 Å². The molecule has 0 heterocycles. The Morgan fingerprint density at radius 1 is 0.968 bits per heavy atom. The molecule has 0 saturated carbocycles. The number of hydrogen-bond donors (Lipinski definition) is 2. The smallest absolute Gasteiger partial charge is 0.196 e. The lowest BCUT2D eigenvalue weighted by molar-refractivity contribution is -0.295. The van der Waals surface area contributed by atoms with Crippen LogP contribution in [0.3, 0.4) is 0 Å². The van der Waals surface area contributed by atoms with Gasteiger partial charge in [-0.1, -0.05) is 42.5 Å². The van der Waals surface area contributed by atoms with E-state index in [1.807, 2.05) is 24.3 Å². The molecule has 156 valence electrons. The maximum Gasteiger partial charge on any atom is 0.196 e. The monoisotopic (exact) mass is 478 g/mol. The van der Waals surface area contributed by atoms with Crippen LogP contribution in [0, 0.1) is 0 Å². The first-order valence-electron chi connectivity index (χ1n) is 9.53. The first-order valence-corrected chi connectivity index (χ1v) is 10.3. The number of benzene rings is 3. The maximum atomic E-state index is 13.3. The summed E-state index contributed by atoms with van der Waals surface area (Å²) >= 11 is 3.41. The summed E-state index contributed by atoms with van der Waals surface area (Å²) in [5.41, 5.74) is 9.81. The standard InChI is InChI=1S/C24H19BrN2O4/c1-2-11-30-31-13-14-7-9-15(10-8-14)27-19-12-18(25)22(26)21-20(19)23(28)16-5-3-4-6-17(16)24(21)29/h2-10,12,27H,1,11,13,26H2. The molecule has 0 saturated heterocycles. The molecule has 0 radical (unpaired) electrons. The van der Waals surface area contributed by atoms with Gasteiger partial charge in [-0.05, 0) is 39.7 Å². The molecule has 0 fully saturated rings. The molecule has 3 aromatic carbocycles. The van der Waals surface area contributed by atoms with Crippen LogP contribution in [0.25, 0.3) is 0 Å². The van der Waals surface area contributed by atoms with Gasteiger partial charge in [0.1, 0.15) is 13.2 Å². The number of carbonyl (C=O) groups excluding carboxylic acids is 2. The number of nitrogen functional groups attached to an aromatic ring is 1. The van der Waals surface area contributed by atoms with Gasteiger partial charge in [0.25, 0.3) is 0 Å². The number of nitrogens with two attached hydrogens (primary N) is 1. The van der Waals surface area contributed by atoms with Crippen molar-refractivity contribution in [1.82, 2.24) is 0 Å². The third-order valence-electron chi connectivity index (χ3n) is 4.92. The van der Waals surface area contributed by atoms with Crippen molar-refractivity contribution in [3.05, 3.63) is 99.5 Å². The Labute approximate surface area is 187 Å². The van der Waals surface area contributed by atoms with Crippen LogP contribution in [0.1, 0.15) is 37.4 Å². The zero-order valence-corrected chi connectivity index (χ0v) is 18.1. The van der Waals surface area contributed by atoms with E-state index in [0.29, 0.717) is 34.5 Å². The number of hydrogen-bond acceptors (Lipinski definition) is 6. The minimum Gasteiger partial charge on any atom is -0.397 e. The van der Waals surface area contributed by atoms with Crippen LogP contribution >= 0.6 is 15.9 Å². The van der Waals surface area contributed by atoms with E-state index in [-0.39, 0.29) is 28.4 Å². The van der Waals surface area contributed by atoms with E-state index in [1.165, 1.54) is 0 Å². The van der Waals surface area contributed by atoms with Gasteiger partial charge in [0.2, 0.25) is 0 Å². The second-order valence-corrected chi connectivity index (χ2v) is 7.79. The fourth-order valence-corrected chi connectivity index (χ4v) is 3.86. The predicted octanol–water partition coefficient (Wildman–Crippen LogP) is 5.18. The summed E-state index contributed by atoms with van der Waals surface area (Å²) in [6.45, 7) is 4.16. The SMILES string of the molecule is C=CCOOCc1ccc(Nc2cc(Br)c(N)c3c2C(=O)c2ccccc2C3=O)cc1. The Hall–Kier alpha value is -3.26. The minimum atomic E-state index is -0.265. The summed E-state index contributed by atoms with van der Waals surface area (Å²) in [5, 5.41) is 3.24. The van der Waals surface area contributed by atoms with Crippen LogP contribution < -0.4 is 11.1 Å². The molecular weight excluding hydrogens is 460 g/mol. The van der Waals surface area contributed by atoms with Gasteiger partial charge >= 0.3 is 0 Å². The van der Waals surface area contributed by atoms with E-state index in [9.17, 15) is 9.59 Å². The number of fused-ring (bicyclic) bond motifs is 2. The second kappa shape index (κ2) is 8.85. The average molecular weight is 479 g/mol. The van der Waals surface area contributed by atoms with E-state index in [1.54, 1.807) is 36.4 Å². The highest BCUT2D eigenvalue weighted by Gasteiger charge is 2.34. The number of halogens is 1. The fourth-order valence-electron chi connectivity index (χ4n) is 3.43. The van der Waals surface area contributed by atoms with Gasteiger partial charge in [-0.25, -0.2) is 9.78 Å². The largest absolute Gasteiger partial charge is 0.397 e. The summed E-state index contributed by atoms with van der Waals surface area (Å²) in [6, 6.07) is 15.9. The molecule has 0 bridgehead atoms. The summed E-state index contributed by atoms with van der Waals surface area (Å²) in [5.74, 6) is -0.504. The van der Waals surface area contributed by atoms with Gasteiger partial charge in [0.15, 0.2) is 11.6 Å². The second-order valence-electron chi connectivity index (χ2n) is 6.93. The first kappa shape index (κ1) is 21.0. The Morgan fingerprint density at radius 2 is 1.61 bits per heavy atom. The highest BCUT2D eigenvalue weighted by molar-refractivity contribution is 9.10. The topological polar surface area (TPSA) is 90.7 Å². The number of carbonyl (C=O) groups is 2. The van der Waals surface area contributed by atoms with Gasteiger partial charge in [-0.3, -0.25) is 9.59 Å². The molecule has 1 aliphatic carbocycles. The lowest BCUT2D eigenvalue weighted by Gasteiger charge is -2.23. The van der Waals surface area contributed by atoms with Gasteiger partial charge < -0.3 is 11.1 Å². The van der Waals surface area contributed by atoms with E-state index >= 15 is 0 Å². The van der Waals surface area contributed by atoms with Crippen molar-refractivity contribution in [3.8, 4) is 0 Å². The Morgan fingerprint density at radius 3 is 2.26 bits per heavy atom. The van der Waals surface area contributed by atoms with E-state index in [0.717, 1.165) is 11.3 Å². The van der Waals surface area contributed by atoms with Gasteiger partial charge in [-0.2, -0.15) is 0 Å². The fraction of sp³-hybridized carbons (Fsp3) is 0.0833. The molecule has 0 atom stereocenters. The molecule has 0 unspecified atom stereocenters. The maximum absolute atomic E-state index is 13.3. The molecule has 0 aromatic heterocycles. The quantitative estimate of drug-likeness (QED) is 0.125. The number of anilines is 3. The summed E-state index contributed by atoms with van der Waals surface area (Å²) in [4.78, 5) is 36.4. The molecule has 4 rings (SSSR count). The summed E-state index contributed by atoms with van der Waals surface area (Å²) in [6.07, 6.45) is 1.60. The van der Waals surface area contributed by atoms with Crippen molar-refractivity contribution in [2.75, 3.05) is 17.7 Å². The molecule has 3 aromatic rings. The van der Waals surface area contributed by atoms with Crippen LogP contribution in [0.4, 0.5) is 17.1 Å². The van der Waals surface area contributed by atoms with Crippen molar-refractivity contribution in [2.45, 2.75) is 6.61 Å². The molecule has 31 heavy (non-hydrogen) atoms. The molecule has 1 aliphatic rings. The molecule has 6 nitrogen and oxygen atoms in total. The van der Waals surface area contributed by atoms with Gasteiger partial charge in [-0.15, -0.1) is 6.58 Å². The lowest BCUT2D eigenvalue weighted by atomic mass is 9.82. The number of ketones is 2. The summed E-state index contributed by atoms with van der Waals surface area (Å²) < 4.78 is 0.540. The van der Waals surface area contributed by atoms with Gasteiger partial charge in [0, 0.05) is 21.3 Å². The van der Waals surface area contributed by atoms with Crippen molar-refractivity contribution < 1.29 is 19.4 Å². The first-order chi connectivity index (χ1) is 15.0. The molecule has 0 aliphatic heterocycles. The molecule has 7 heteroatoms. The Kier molecular flexibility index (Phi) is 5.99. The zero-order valence-electron chi connectivity index (χ0n) is 16.5. The Balaban J connectivity index is 1.66. The molecular formula is C24H19BrN2O4. The van der Waals surface area contributed by atoms with E-state index in [4.69, 9.17) is 15.5 Å². The Bertz CT molecular complexity index is 1190. The molecule has 0 amide bonds. The highest BCUT2D eigenvalue weighted by atomic mass is 79.9. The van der Waals surface area contributed by atoms with Crippen LogP contribution in [0.5, 0.6) is 0 Å². The third-order valence-corrected chi connectivity index (χ3v) is 5.57. The number of rotatable bonds is 7. The van der Waals surface area contributed by atoms with Crippen LogP contribution in [0.2, 0.25) is 0 Å². The van der Waals surface area contributed by atoms with Crippen LogP contribution in [-0.2, 0) is 16.4 Å². The van der Waals surface area contributed by atoms with E-state index < -0.39 is 0 Å². The van der Waals surface area contributed by atoms with Crippen LogP contribution in [-0.4, -0.2) is 18.2 Å². The third kappa shape index (κ3) is 4.03. The number of nitrogens with one attached hydrogen (secondary N) is 1. The van der Waals surface area contributed by atoms with Gasteiger partial charge in [0.05, 0.1) is 22.5 Å². The highest BCUT2D eigenvalue weighted by Crippen LogP contribution is 2.40.